The zero-order chi connectivity index (χ0) is 14.7. The van der Waals surface area contributed by atoms with Crippen molar-refractivity contribution in [3.05, 3.63) is 0 Å². The summed E-state index contributed by atoms with van der Waals surface area (Å²) in [5.74, 6) is 2.69. The highest BCUT2D eigenvalue weighted by Gasteiger charge is 2.51. The van der Waals surface area contributed by atoms with E-state index in [1.807, 2.05) is 16.7 Å². The van der Waals surface area contributed by atoms with E-state index in [4.69, 9.17) is 0 Å². The molecule has 4 heteroatoms. The summed E-state index contributed by atoms with van der Waals surface area (Å²) >= 11 is 0. The fourth-order valence-electron chi connectivity index (χ4n) is 5.65. The molecule has 4 rings (SSSR count). The van der Waals surface area contributed by atoms with Crippen molar-refractivity contribution < 1.29 is 9.59 Å². The van der Waals surface area contributed by atoms with Gasteiger partial charge in [0.1, 0.15) is 12.1 Å². The van der Waals surface area contributed by atoms with E-state index >= 15 is 0 Å². The number of amides is 2. The van der Waals surface area contributed by atoms with Crippen molar-refractivity contribution in [1.82, 2.24) is 9.80 Å². The molecule has 0 N–H and O–H groups in total. The van der Waals surface area contributed by atoms with Crippen LogP contribution in [-0.2, 0) is 9.59 Å². The van der Waals surface area contributed by atoms with E-state index in [1.165, 1.54) is 25.7 Å². The molecule has 4 nitrogen and oxygen atoms in total. The average molecular weight is 290 g/mol. The van der Waals surface area contributed by atoms with Crippen LogP contribution in [0.15, 0.2) is 0 Å². The smallest absolute Gasteiger partial charge is 0.246 e. The lowest BCUT2D eigenvalue weighted by Crippen LogP contribution is -2.65. The van der Waals surface area contributed by atoms with E-state index in [1.54, 1.807) is 0 Å². The fraction of sp³-hybridized carbons (Fsp3) is 0.882. The molecular formula is C17H26N2O2. The van der Waals surface area contributed by atoms with Gasteiger partial charge in [-0.05, 0) is 63.7 Å². The van der Waals surface area contributed by atoms with Gasteiger partial charge in [0.05, 0.1) is 0 Å². The molecule has 2 amide bonds. The summed E-state index contributed by atoms with van der Waals surface area (Å²) < 4.78 is 0. The third-order valence-corrected chi connectivity index (χ3v) is 6.70. The molecular weight excluding hydrogens is 264 g/mol. The number of nitrogens with zero attached hydrogens (tertiary/aromatic N) is 2. The Morgan fingerprint density at radius 1 is 1.10 bits per heavy atom. The first-order valence-electron chi connectivity index (χ1n) is 8.70. The minimum absolute atomic E-state index is 0.158. The predicted molar refractivity (Wildman–Crippen MR) is 79.4 cm³/mol. The molecule has 0 aromatic rings. The van der Waals surface area contributed by atoms with Crippen molar-refractivity contribution in [3.63, 3.8) is 0 Å². The zero-order valence-electron chi connectivity index (χ0n) is 13.1. The van der Waals surface area contributed by atoms with Gasteiger partial charge in [0.15, 0.2) is 0 Å². The highest BCUT2D eigenvalue weighted by Crippen LogP contribution is 2.50. The summed E-state index contributed by atoms with van der Waals surface area (Å²) in [5, 5.41) is 0. The van der Waals surface area contributed by atoms with Crippen LogP contribution in [0.4, 0.5) is 0 Å². The van der Waals surface area contributed by atoms with Gasteiger partial charge >= 0.3 is 0 Å². The second-order valence-corrected chi connectivity index (χ2v) is 7.69. The number of rotatable bonds is 2. The average Bonchev–Trinajstić information content (AvgIpc) is 3.20. The molecule has 2 aliphatic carbocycles. The van der Waals surface area contributed by atoms with Crippen LogP contribution in [0.1, 0.15) is 52.4 Å². The molecule has 6 unspecified atom stereocenters. The molecule has 21 heavy (non-hydrogen) atoms. The largest absolute Gasteiger partial charge is 0.329 e. The summed E-state index contributed by atoms with van der Waals surface area (Å²) in [6.45, 7) is 4.89. The standard InChI is InChI=1S/C17H26N2O2/c1-10(14-9-12-5-6-13(14)8-12)19-11(2)16(20)18-7-3-4-15(18)17(19)21/h10-15H,3-9H2,1-2H3. The molecule has 0 aromatic heterocycles. The van der Waals surface area contributed by atoms with Gasteiger partial charge in [0, 0.05) is 12.6 Å². The lowest BCUT2D eigenvalue weighted by atomic mass is 9.82. The van der Waals surface area contributed by atoms with Gasteiger partial charge in [-0.3, -0.25) is 9.59 Å². The number of fused-ring (bicyclic) bond motifs is 3. The normalized spacial score (nSPS) is 43.6. The van der Waals surface area contributed by atoms with Crippen molar-refractivity contribution >= 4 is 11.8 Å². The van der Waals surface area contributed by atoms with Gasteiger partial charge in [-0.25, -0.2) is 0 Å². The van der Waals surface area contributed by atoms with Crippen molar-refractivity contribution in [2.75, 3.05) is 6.54 Å². The van der Waals surface area contributed by atoms with Crippen LogP contribution < -0.4 is 0 Å². The molecule has 116 valence electrons. The number of piperazine rings is 1. The van der Waals surface area contributed by atoms with E-state index in [0.717, 1.165) is 31.2 Å². The van der Waals surface area contributed by atoms with Crippen molar-refractivity contribution in [3.8, 4) is 0 Å². The van der Waals surface area contributed by atoms with E-state index in [2.05, 4.69) is 6.92 Å². The second-order valence-electron chi connectivity index (χ2n) is 7.69. The summed E-state index contributed by atoms with van der Waals surface area (Å²) in [4.78, 5) is 29.3. The van der Waals surface area contributed by atoms with Crippen LogP contribution in [-0.4, -0.2) is 46.3 Å². The lowest BCUT2D eigenvalue weighted by Gasteiger charge is -2.46. The Bertz CT molecular complexity index is 477. The van der Waals surface area contributed by atoms with Crippen molar-refractivity contribution in [2.24, 2.45) is 17.8 Å². The fourth-order valence-corrected chi connectivity index (χ4v) is 5.65. The van der Waals surface area contributed by atoms with Gasteiger partial charge in [0.2, 0.25) is 11.8 Å². The van der Waals surface area contributed by atoms with Gasteiger partial charge in [0.25, 0.3) is 0 Å². The monoisotopic (exact) mass is 290 g/mol. The van der Waals surface area contributed by atoms with Crippen LogP contribution in [0.25, 0.3) is 0 Å². The second kappa shape index (κ2) is 4.72. The first-order chi connectivity index (χ1) is 10.1. The topological polar surface area (TPSA) is 40.6 Å². The maximum absolute atomic E-state index is 12.9. The van der Waals surface area contributed by atoms with E-state index in [9.17, 15) is 9.59 Å². The third-order valence-electron chi connectivity index (χ3n) is 6.70. The Hall–Kier alpha value is -1.06. The maximum atomic E-state index is 12.9. The van der Waals surface area contributed by atoms with Crippen LogP contribution in [0.2, 0.25) is 0 Å². The quantitative estimate of drug-likeness (QED) is 0.781. The molecule has 0 spiro atoms. The van der Waals surface area contributed by atoms with Crippen LogP contribution in [0, 0.1) is 17.8 Å². The summed E-state index contributed by atoms with van der Waals surface area (Å²) in [6.07, 6.45) is 7.18. The van der Waals surface area contributed by atoms with Crippen LogP contribution in [0.3, 0.4) is 0 Å². The molecule has 2 aliphatic heterocycles. The van der Waals surface area contributed by atoms with Crippen LogP contribution >= 0.6 is 0 Å². The molecule has 6 atom stereocenters. The van der Waals surface area contributed by atoms with Crippen molar-refractivity contribution in [1.29, 1.82) is 0 Å². The van der Waals surface area contributed by atoms with Gasteiger partial charge in [-0.1, -0.05) is 6.42 Å². The molecule has 2 saturated heterocycles. The number of hydrogen-bond acceptors (Lipinski definition) is 2. The first kappa shape index (κ1) is 13.6. The molecule has 2 saturated carbocycles. The van der Waals surface area contributed by atoms with Crippen molar-refractivity contribution in [2.45, 2.75) is 70.5 Å². The molecule has 2 heterocycles. The maximum Gasteiger partial charge on any atom is 0.246 e. The Labute approximate surface area is 126 Å². The van der Waals surface area contributed by atoms with E-state index in [0.29, 0.717) is 5.92 Å². The minimum Gasteiger partial charge on any atom is -0.329 e. The van der Waals surface area contributed by atoms with Gasteiger partial charge < -0.3 is 9.80 Å². The molecule has 0 radical (unpaired) electrons. The van der Waals surface area contributed by atoms with Gasteiger partial charge in [-0.2, -0.15) is 0 Å². The van der Waals surface area contributed by atoms with Gasteiger partial charge in [-0.15, -0.1) is 0 Å². The highest BCUT2D eigenvalue weighted by atomic mass is 16.2. The molecule has 4 aliphatic rings. The first-order valence-corrected chi connectivity index (χ1v) is 8.70. The Balaban J connectivity index is 1.58. The summed E-state index contributed by atoms with van der Waals surface area (Å²) in [5.41, 5.74) is 0. The number of hydrogen-bond donors (Lipinski definition) is 0. The SMILES string of the molecule is CC1C(=O)N2CCCC2C(=O)N1C(C)C1CC2CCC1C2. The van der Waals surface area contributed by atoms with E-state index in [-0.39, 0.29) is 29.9 Å². The predicted octanol–water partition coefficient (Wildman–Crippen LogP) is 2.03. The van der Waals surface area contributed by atoms with Crippen LogP contribution in [0.5, 0.6) is 0 Å². The molecule has 0 aromatic carbocycles. The highest BCUT2D eigenvalue weighted by molar-refractivity contribution is 5.97. The lowest BCUT2D eigenvalue weighted by molar-refractivity contribution is -0.162. The Morgan fingerprint density at radius 2 is 1.90 bits per heavy atom. The molecule has 4 fully saturated rings. The Kier molecular flexibility index (Phi) is 3.05. The zero-order valence-corrected chi connectivity index (χ0v) is 13.1. The summed E-state index contributed by atoms with van der Waals surface area (Å²) in [6, 6.07) is -0.190. The van der Waals surface area contributed by atoms with E-state index < -0.39 is 0 Å². The Morgan fingerprint density at radius 3 is 2.57 bits per heavy atom. The number of carbonyl (C=O) groups is 2. The summed E-state index contributed by atoms with van der Waals surface area (Å²) in [7, 11) is 0. The number of carbonyl (C=O) groups excluding carboxylic acids is 2. The minimum atomic E-state index is -0.263. The third kappa shape index (κ3) is 1.87. The molecule has 2 bridgehead atoms.